The van der Waals surface area contributed by atoms with Crippen molar-refractivity contribution in [2.75, 3.05) is 19.6 Å². The maximum absolute atomic E-state index is 12.7. The molecule has 144 valence electrons. The van der Waals surface area contributed by atoms with Crippen LogP contribution in [0, 0.1) is 5.92 Å². The second kappa shape index (κ2) is 7.13. The Hall–Kier alpha value is -2.12. The molecule has 3 atom stereocenters. The summed E-state index contributed by atoms with van der Waals surface area (Å²) < 4.78 is 1.91. The number of carbonyl (C=O) groups excluding carboxylic acids is 1. The zero-order valence-electron chi connectivity index (χ0n) is 15.0. The Labute approximate surface area is 163 Å². The minimum atomic E-state index is -0.138. The quantitative estimate of drug-likeness (QED) is 0.734. The Morgan fingerprint density at radius 3 is 3.07 bits per heavy atom. The summed E-state index contributed by atoms with van der Waals surface area (Å²) in [5, 5.41) is 13.7. The van der Waals surface area contributed by atoms with Crippen LogP contribution in [0.1, 0.15) is 52.2 Å². The number of amides is 1. The van der Waals surface area contributed by atoms with Gasteiger partial charge in [-0.25, -0.2) is 0 Å². The number of carbonyl (C=O) groups is 1. The molecule has 2 aromatic heterocycles. The number of fused-ring (bicyclic) bond motifs is 5. The van der Waals surface area contributed by atoms with Crippen LogP contribution in [0.2, 0.25) is 0 Å². The molecule has 27 heavy (non-hydrogen) atoms. The number of aromatic nitrogens is 3. The van der Waals surface area contributed by atoms with Crippen molar-refractivity contribution in [2.45, 2.75) is 37.6 Å². The number of rotatable bonds is 3. The van der Waals surface area contributed by atoms with Gasteiger partial charge >= 0.3 is 0 Å². The minimum Gasteiger partial charge on any atom is -0.349 e. The van der Waals surface area contributed by atoms with Crippen LogP contribution in [0.4, 0.5) is 0 Å². The molecule has 4 heterocycles. The van der Waals surface area contributed by atoms with Crippen molar-refractivity contribution < 1.29 is 4.79 Å². The molecule has 0 unspecified atom stereocenters. The smallest absolute Gasteiger partial charge is 0.272 e. The molecule has 1 amide bonds. The Morgan fingerprint density at radius 1 is 1.30 bits per heavy atom. The summed E-state index contributed by atoms with van der Waals surface area (Å²) in [5.41, 5.74) is 3.78. The standard InChI is InChI=1S/C19H23N5O2.ClH/c25-17-6-2-5-15-11-7-12(9-20-8-11)16(24(15)17)10-21-19(26)18-13-3-1-4-14(13)22-23-18;/h2,5-6,11-12,16,20H,1,3-4,7-10H2,(H,21,26)(H,22,23);1H/t11-,12+,16+;/m1./s1. The van der Waals surface area contributed by atoms with Gasteiger partial charge < -0.3 is 15.2 Å². The first-order chi connectivity index (χ1) is 12.7. The second-order valence-electron chi connectivity index (χ2n) is 7.67. The van der Waals surface area contributed by atoms with Crippen LogP contribution in [0.5, 0.6) is 0 Å². The number of nitrogens with one attached hydrogen (secondary N) is 3. The number of halogens is 1. The van der Waals surface area contributed by atoms with Crippen molar-refractivity contribution in [1.82, 2.24) is 25.4 Å². The molecular formula is C19H24ClN5O2. The van der Waals surface area contributed by atoms with E-state index in [1.807, 2.05) is 16.7 Å². The lowest BCUT2D eigenvalue weighted by atomic mass is 9.79. The highest BCUT2D eigenvalue weighted by Crippen LogP contribution is 2.38. The molecule has 1 aliphatic carbocycles. The molecule has 2 aliphatic heterocycles. The number of nitrogens with zero attached hydrogens (tertiary/aromatic N) is 2. The molecule has 0 spiro atoms. The van der Waals surface area contributed by atoms with Crippen molar-refractivity contribution in [2.24, 2.45) is 5.92 Å². The van der Waals surface area contributed by atoms with Crippen LogP contribution in [0.25, 0.3) is 0 Å². The largest absolute Gasteiger partial charge is 0.349 e. The van der Waals surface area contributed by atoms with E-state index < -0.39 is 0 Å². The van der Waals surface area contributed by atoms with Gasteiger partial charge in [-0.15, -0.1) is 12.4 Å². The molecule has 5 rings (SSSR count). The van der Waals surface area contributed by atoms with E-state index >= 15 is 0 Å². The van der Waals surface area contributed by atoms with Gasteiger partial charge in [0.25, 0.3) is 11.5 Å². The van der Waals surface area contributed by atoms with E-state index in [0.29, 0.717) is 24.1 Å². The molecule has 0 saturated carbocycles. The first-order valence-electron chi connectivity index (χ1n) is 9.49. The topological polar surface area (TPSA) is 91.8 Å². The summed E-state index contributed by atoms with van der Waals surface area (Å²) in [6.07, 6.45) is 4.02. The molecule has 2 bridgehead atoms. The Morgan fingerprint density at radius 2 is 2.19 bits per heavy atom. The van der Waals surface area contributed by atoms with Gasteiger partial charge in [0.1, 0.15) is 0 Å². The Balaban J connectivity index is 0.00000180. The van der Waals surface area contributed by atoms with E-state index in [1.165, 1.54) is 0 Å². The zero-order valence-corrected chi connectivity index (χ0v) is 15.8. The summed E-state index contributed by atoms with van der Waals surface area (Å²) in [5.74, 6) is 0.594. The Bertz CT molecular complexity index is 921. The lowest BCUT2D eigenvalue weighted by Crippen LogP contribution is -2.50. The van der Waals surface area contributed by atoms with Crippen LogP contribution in [0.15, 0.2) is 23.0 Å². The fraction of sp³-hybridized carbons (Fsp3) is 0.526. The summed E-state index contributed by atoms with van der Waals surface area (Å²) >= 11 is 0. The molecule has 7 nitrogen and oxygen atoms in total. The SMILES string of the molecule is Cl.O=C(NC[C@H]1[C@@H]2CNC[C@@H](C2)c2cccc(=O)n21)c1n[nH]c2c1CCC2. The number of H-pyrrole nitrogens is 1. The van der Waals surface area contributed by atoms with Crippen LogP contribution >= 0.6 is 12.4 Å². The highest BCUT2D eigenvalue weighted by molar-refractivity contribution is 5.94. The predicted molar refractivity (Wildman–Crippen MR) is 104 cm³/mol. The molecule has 8 heteroatoms. The third-order valence-electron chi connectivity index (χ3n) is 6.19. The second-order valence-corrected chi connectivity index (χ2v) is 7.67. The molecule has 1 saturated heterocycles. The van der Waals surface area contributed by atoms with Crippen molar-refractivity contribution >= 4 is 18.3 Å². The van der Waals surface area contributed by atoms with Crippen molar-refractivity contribution in [3.63, 3.8) is 0 Å². The van der Waals surface area contributed by atoms with Crippen LogP contribution in [-0.4, -0.2) is 40.3 Å². The van der Waals surface area contributed by atoms with E-state index in [-0.39, 0.29) is 29.9 Å². The summed E-state index contributed by atoms with van der Waals surface area (Å²) in [6.45, 7) is 2.25. The van der Waals surface area contributed by atoms with E-state index in [1.54, 1.807) is 6.07 Å². The van der Waals surface area contributed by atoms with Crippen LogP contribution in [-0.2, 0) is 12.8 Å². The number of hydrogen-bond donors (Lipinski definition) is 3. The van der Waals surface area contributed by atoms with E-state index in [9.17, 15) is 9.59 Å². The van der Waals surface area contributed by atoms with Gasteiger partial charge in [-0.2, -0.15) is 5.10 Å². The Kier molecular flexibility index (Phi) is 4.82. The van der Waals surface area contributed by atoms with Crippen LogP contribution in [0.3, 0.4) is 0 Å². The summed E-state index contributed by atoms with van der Waals surface area (Å²) in [4.78, 5) is 25.2. The van der Waals surface area contributed by atoms with Gasteiger partial charge in [0, 0.05) is 48.6 Å². The first kappa shape index (κ1) is 18.3. The fourth-order valence-electron chi connectivity index (χ4n) is 4.95. The highest BCUT2D eigenvalue weighted by atomic mass is 35.5. The molecule has 0 radical (unpaired) electrons. The number of aromatic amines is 1. The first-order valence-corrected chi connectivity index (χ1v) is 9.49. The highest BCUT2D eigenvalue weighted by Gasteiger charge is 2.38. The van der Waals surface area contributed by atoms with Crippen molar-refractivity contribution in [3.05, 3.63) is 51.2 Å². The third-order valence-corrected chi connectivity index (χ3v) is 6.19. The zero-order chi connectivity index (χ0) is 17.7. The number of hydrogen-bond acceptors (Lipinski definition) is 4. The average Bonchev–Trinajstić information content (AvgIpc) is 3.26. The van der Waals surface area contributed by atoms with Gasteiger partial charge in [-0.1, -0.05) is 6.07 Å². The van der Waals surface area contributed by atoms with Crippen molar-refractivity contribution in [1.29, 1.82) is 0 Å². The molecule has 0 aromatic carbocycles. The number of aryl methyl sites for hydroxylation is 1. The minimum absolute atomic E-state index is 0. The lowest BCUT2D eigenvalue weighted by Gasteiger charge is -2.43. The average molecular weight is 390 g/mol. The molecule has 2 aromatic rings. The van der Waals surface area contributed by atoms with E-state index in [2.05, 4.69) is 20.8 Å². The molecule has 1 fully saturated rings. The number of pyridine rings is 1. The third kappa shape index (κ3) is 2.99. The van der Waals surface area contributed by atoms with Gasteiger partial charge in [0.15, 0.2) is 5.69 Å². The number of piperidine rings is 1. The van der Waals surface area contributed by atoms with Gasteiger partial charge in [-0.05, 0) is 37.7 Å². The maximum atomic E-state index is 12.7. The van der Waals surface area contributed by atoms with Gasteiger partial charge in [0.05, 0.1) is 6.04 Å². The molecule has 3 aliphatic rings. The molecule has 3 N–H and O–H groups in total. The lowest BCUT2D eigenvalue weighted by molar-refractivity contribution is 0.0926. The molecular weight excluding hydrogens is 366 g/mol. The van der Waals surface area contributed by atoms with Gasteiger partial charge in [0.2, 0.25) is 0 Å². The van der Waals surface area contributed by atoms with E-state index in [4.69, 9.17) is 0 Å². The van der Waals surface area contributed by atoms with Crippen molar-refractivity contribution in [3.8, 4) is 0 Å². The monoisotopic (exact) mass is 389 g/mol. The summed E-state index contributed by atoms with van der Waals surface area (Å²) in [7, 11) is 0. The van der Waals surface area contributed by atoms with E-state index in [0.717, 1.165) is 55.7 Å². The maximum Gasteiger partial charge on any atom is 0.272 e. The summed E-state index contributed by atoms with van der Waals surface area (Å²) in [6, 6.07) is 5.49. The van der Waals surface area contributed by atoms with Gasteiger partial charge in [-0.3, -0.25) is 14.7 Å². The fourth-order valence-corrected chi connectivity index (χ4v) is 4.95. The normalized spacial score (nSPS) is 25.3. The predicted octanol–water partition coefficient (Wildman–Crippen LogP) is 1.16. The van der Waals surface area contributed by atoms with Crippen LogP contribution < -0.4 is 16.2 Å².